The van der Waals surface area contributed by atoms with Crippen molar-refractivity contribution >= 4 is 17.7 Å². The quantitative estimate of drug-likeness (QED) is 0.540. The third kappa shape index (κ3) is 3.90. The van der Waals surface area contributed by atoms with E-state index in [9.17, 15) is 28.3 Å². The first kappa shape index (κ1) is 21.4. The number of hydrogen-bond acceptors (Lipinski definition) is 9. The van der Waals surface area contributed by atoms with Crippen molar-refractivity contribution in [1.82, 2.24) is 14.5 Å². The number of aliphatic hydroxyl groups excluding tert-OH is 2. The third-order valence-electron chi connectivity index (χ3n) is 4.30. The van der Waals surface area contributed by atoms with Gasteiger partial charge < -0.3 is 25.0 Å². The van der Waals surface area contributed by atoms with Gasteiger partial charge >= 0.3 is 17.6 Å². The fourth-order valence-corrected chi connectivity index (χ4v) is 2.72. The van der Waals surface area contributed by atoms with Crippen molar-refractivity contribution in [2.45, 2.75) is 24.4 Å². The monoisotopic (exact) mass is 426 g/mol. The predicted molar refractivity (Wildman–Crippen MR) is 94.0 cm³/mol. The number of hydrogen-bond donors (Lipinski definition) is 3. The number of methoxy groups -OCH3 is 1. The molecule has 3 rings (SSSR count). The molecular weight excluding hydrogens is 410 g/mol. The van der Waals surface area contributed by atoms with E-state index in [1.165, 1.54) is 19.2 Å². The Morgan fingerprint density at radius 1 is 1.37 bits per heavy atom. The van der Waals surface area contributed by atoms with Gasteiger partial charge in [0.15, 0.2) is 6.10 Å². The lowest BCUT2D eigenvalue weighted by Gasteiger charge is -2.21. The summed E-state index contributed by atoms with van der Waals surface area (Å²) in [5.41, 5.74) is -1.16. The zero-order valence-corrected chi connectivity index (χ0v) is 15.4. The number of rotatable bonds is 5. The van der Waals surface area contributed by atoms with E-state index < -0.39 is 48.5 Å². The fraction of sp³-hybridized carbons (Fsp3) is 0.353. The maximum atomic E-state index is 14.2. The molecule has 0 aromatic carbocycles. The second-order valence-electron chi connectivity index (χ2n) is 6.21. The second kappa shape index (κ2) is 8.22. The molecule has 0 aliphatic carbocycles. The third-order valence-corrected chi connectivity index (χ3v) is 4.30. The van der Waals surface area contributed by atoms with Crippen LogP contribution in [0.4, 0.5) is 14.6 Å². The van der Waals surface area contributed by atoms with Gasteiger partial charge in [-0.05, 0) is 18.2 Å². The summed E-state index contributed by atoms with van der Waals surface area (Å²) in [4.78, 5) is 43.0. The first-order valence-corrected chi connectivity index (χ1v) is 8.46. The normalized spacial score (nSPS) is 22.5. The van der Waals surface area contributed by atoms with Gasteiger partial charge in [0.1, 0.15) is 17.6 Å². The number of nitrogens with one attached hydrogen (secondary N) is 1. The Bertz CT molecular complexity index is 1010. The number of pyridine rings is 1. The molecule has 3 heterocycles. The highest BCUT2D eigenvalue weighted by Crippen LogP contribution is 2.41. The molecule has 1 fully saturated rings. The Labute approximate surface area is 166 Å². The van der Waals surface area contributed by atoms with E-state index in [0.717, 1.165) is 18.5 Å². The average molecular weight is 426 g/mol. The van der Waals surface area contributed by atoms with E-state index in [4.69, 9.17) is 9.84 Å². The molecular formula is C17H16F2N4O7. The smallest absolute Gasteiger partial charge is 0.356 e. The van der Waals surface area contributed by atoms with Gasteiger partial charge in [-0.1, -0.05) is 0 Å². The van der Waals surface area contributed by atoms with E-state index in [0.29, 0.717) is 4.57 Å². The number of anilines is 1. The molecule has 3 atom stereocenters. The number of ether oxygens (including phenoxy) is 2. The molecule has 2 aromatic rings. The van der Waals surface area contributed by atoms with E-state index in [2.05, 4.69) is 20.0 Å². The Morgan fingerprint density at radius 3 is 2.63 bits per heavy atom. The minimum atomic E-state index is -3.85. The highest BCUT2D eigenvalue weighted by Gasteiger charge is 2.59. The highest BCUT2D eigenvalue weighted by molar-refractivity contribution is 6.03. The Kier molecular flexibility index (Phi) is 5.87. The zero-order chi connectivity index (χ0) is 22.1. The summed E-state index contributed by atoms with van der Waals surface area (Å²) in [5, 5.41) is 20.9. The fourth-order valence-electron chi connectivity index (χ4n) is 2.72. The van der Waals surface area contributed by atoms with E-state index in [1.54, 1.807) is 0 Å². The summed E-state index contributed by atoms with van der Waals surface area (Å²) in [6.45, 7) is -0.869. The largest absolute Gasteiger partial charge is 0.464 e. The number of alkyl halides is 2. The van der Waals surface area contributed by atoms with Crippen LogP contribution in [-0.2, 0) is 9.47 Å². The number of carbonyl (C=O) groups excluding carboxylic acids is 2. The standard InChI is InChI=1S/C17H16F2N4O7/c1-29-14(27)9-3-2-8(6-20-9)13(26)21-11-4-5-23(16(28)22-11)15-17(18,19)12(25)10(7-24)30-15/h2-6,10,12,15,24-25H,7H2,1H3,(H,21,22,26,28)/t10-,12-,15-/m1/s1. The molecule has 1 amide bonds. The lowest BCUT2D eigenvalue weighted by Crippen LogP contribution is -2.41. The first-order valence-electron chi connectivity index (χ1n) is 8.46. The summed E-state index contributed by atoms with van der Waals surface area (Å²) >= 11 is 0. The molecule has 2 aromatic heterocycles. The molecule has 13 heteroatoms. The van der Waals surface area contributed by atoms with E-state index >= 15 is 0 Å². The van der Waals surface area contributed by atoms with Crippen molar-refractivity contribution in [3.8, 4) is 0 Å². The number of halogens is 2. The van der Waals surface area contributed by atoms with Crippen LogP contribution in [0.15, 0.2) is 35.4 Å². The van der Waals surface area contributed by atoms with Crippen molar-refractivity contribution in [3.63, 3.8) is 0 Å². The summed E-state index contributed by atoms with van der Waals surface area (Å²) in [5.74, 6) is -5.50. The Morgan fingerprint density at radius 2 is 2.10 bits per heavy atom. The average Bonchev–Trinajstić information content (AvgIpc) is 2.96. The number of aliphatic hydroxyl groups is 2. The summed E-state index contributed by atoms with van der Waals surface area (Å²) < 4.78 is 38.2. The van der Waals surface area contributed by atoms with Crippen molar-refractivity contribution in [2.24, 2.45) is 0 Å². The van der Waals surface area contributed by atoms with Crippen LogP contribution in [0, 0.1) is 0 Å². The van der Waals surface area contributed by atoms with E-state index in [-0.39, 0.29) is 17.1 Å². The van der Waals surface area contributed by atoms with Crippen LogP contribution in [-0.4, -0.2) is 68.5 Å². The molecule has 30 heavy (non-hydrogen) atoms. The molecule has 160 valence electrons. The maximum Gasteiger partial charge on any atom is 0.356 e. The van der Waals surface area contributed by atoms with Crippen LogP contribution in [0.5, 0.6) is 0 Å². The van der Waals surface area contributed by atoms with Gasteiger partial charge in [0, 0.05) is 12.4 Å². The van der Waals surface area contributed by atoms with Crippen LogP contribution in [0.3, 0.4) is 0 Å². The van der Waals surface area contributed by atoms with Crippen LogP contribution >= 0.6 is 0 Å². The number of carbonyl (C=O) groups is 2. The SMILES string of the molecule is COC(=O)c1ccc(C(=O)Nc2ccn([C@@H]3O[C@H](CO)[C@@H](O)C3(F)F)c(=O)n2)cn1. The van der Waals surface area contributed by atoms with Gasteiger partial charge in [-0.2, -0.15) is 13.8 Å². The van der Waals surface area contributed by atoms with Crippen molar-refractivity contribution < 1.29 is 38.1 Å². The van der Waals surface area contributed by atoms with Gasteiger partial charge in [-0.3, -0.25) is 9.36 Å². The minimum absolute atomic E-state index is 0.0179. The molecule has 3 N–H and O–H groups in total. The zero-order valence-electron chi connectivity index (χ0n) is 15.4. The van der Waals surface area contributed by atoms with Crippen LogP contribution in [0.25, 0.3) is 0 Å². The molecule has 1 aliphatic heterocycles. The van der Waals surface area contributed by atoms with Crippen LogP contribution in [0.1, 0.15) is 27.1 Å². The first-order chi connectivity index (χ1) is 14.2. The van der Waals surface area contributed by atoms with Gasteiger partial charge in [0.2, 0.25) is 6.23 Å². The highest BCUT2D eigenvalue weighted by atomic mass is 19.3. The Balaban J connectivity index is 1.77. The van der Waals surface area contributed by atoms with Crippen molar-refractivity contribution in [3.05, 3.63) is 52.3 Å². The number of aromatic nitrogens is 3. The number of amides is 1. The van der Waals surface area contributed by atoms with E-state index in [1.807, 2.05) is 0 Å². The number of nitrogens with zero attached hydrogens (tertiary/aromatic N) is 3. The number of esters is 1. The van der Waals surface area contributed by atoms with Crippen LogP contribution < -0.4 is 11.0 Å². The second-order valence-corrected chi connectivity index (χ2v) is 6.21. The van der Waals surface area contributed by atoms with Gasteiger partial charge in [-0.15, -0.1) is 0 Å². The lowest BCUT2D eigenvalue weighted by molar-refractivity contribution is -0.140. The summed E-state index contributed by atoms with van der Waals surface area (Å²) in [6, 6.07) is 3.63. The summed E-state index contributed by atoms with van der Waals surface area (Å²) in [6.07, 6.45) is -4.04. The molecule has 0 radical (unpaired) electrons. The molecule has 1 aliphatic rings. The van der Waals surface area contributed by atoms with Gasteiger partial charge in [-0.25, -0.2) is 14.6 Å². The molecule has 0 spiro atoms. The lowest BCUT2D eigenvalue weighted by atomic mass is 10.1. The molecule has 1 saturated heterocycles. The molecule has 0 bridgehead atoms. The Hall–Kier alpha value is -3.29. The van der Waals surface area contributed by atoms with Gasteiger partial charge in [0.05, 0.1) is 19.3 Å². The van der Waals surface area contributed by atoms with Crippen LogP contribution in [0.2, 0.25) is 0 Å². The minimum Gasteiger partial charge on any atom is -0.464 e. The molecule has 0 saturated carbocycles. The maximum absolute atomic E-state index is 14.2. The topological polar surface area (TPSA) is 153 Å². The predicted octanol–water partition coefficient (Wildman–Crippen LogP) is -0.437. The van der Waals surface area contributed by atoms with Gasteiger partial charge in [0.25, 0.3) is 5.91 Å². The van der Waals surface area contributed by atoms with Crippen molar-refractivity contribution in [2.75, 3.05) is 19.0 Å². The molecule has 0 unspecified atom stereocenters. The summed E-state index contributed by atoms with van der Waals surface area (Å²) in [7, 11) is 1.18. The van der Waals surface area contributed by atoms with Crippen molar-refractivity contribution in [1.29, 1.82) is 0 Å². The molecule has 11 nitrogen and oxygen atoms in total.